The maximum Gasteiger partial charge on any atom is 0.337 e. The molecule has 0 spiro atoms. The molecule has 0 heterocycles. The highest BCUT2D eigenvalue weighted by atomic mass is 32.2. The molecule has 148 valence electrons. The van der Waals surface area contributed by atoms with Crippen LogP contribution < -0.4 is 10.0 Å². The largest absolute Gasteiger partial charge is 0.465 e. The molecule has 2 rings (SSSR count). The van der Waals surface area contributed by atoms with Crippen LogP contribution in [0.1, 0.15) is 31.1 Å². The van der Waals surface area contributed by atoms with Crippen molar-refractivity contribution in [2.45, 2.75) is 4.90 Å². The van der Waals surface area contributed by atoms with Crippen LogP contribution in [-0.4, -0.2) is 47.5 Å². The molecular formula is C18H18N2O7S. The molecule has 0 aliphatic rings. The second-order valence-electron chi connectivity index (χ2n) is 5.46. The highest BCUT2D eigenvalue weighted by molar-refractivity contribution is 7.92. The number of sulfonamides is 1. The van der Waals surface area contributed by atoms with Crippen LogP contribution in [-0.2, 0) is 19.5 Å². The van der Waals surface area contributed by atoms with E-state index in [4.69, 9.17) is 0 Å². The Morgan fingerprint density at radius 2 is 1.43 bits per heavy atom. The molecule has 0 aliphatic carbocycles. The summed E-state index contributed by atoms with van der Waals surface area (Å²) in [4.78, 5) is 35.3. The predicted octanol–water partition coefficient (Wildman–Crippen LogP) is 1.42. The number of carbonyl (C=O) groups excluding carboxylic acids is 3. The summed E-state index contributed by atoms with van der Waals surface area (Å²) in [6, 6.07) is 9.26. The quantitative estimate of drug-likeness (QED) is 0.694. The van der Waals surface area contributed by atoms with Gasteiger partial charge in [0.25, 0.3) is 15.9 Å². The van der Waals surface area contributed by atoms with Gasteiger partial charge in [0.2, 0.25) is 0 Å². The molecule has 2 N–H and O–H groups in total. The number of carbonyl (C=O) groups is 3. The maximum atomic E-state index is 12.8. The number of hydrogen-bond acceptors (Lipinski definition) is 7. The fourth-order valence-corrected chi connectivity index (χ4v) is 3.48. The summed E-state index contributed by atoms with van der Waals surface area (Å²) in [7, 11) is -0.590. The lowest BCUT2D eigenvalue weighted by Gasteiger charge is -2.13. The number of methoxy groups -OCH3 is 2. The Kier molecular flexibility index (Phi) is 6.37. The Morgan fingerprint density at radius 3 is 1.93 bits per heavy atom. The molecule has 0 aliphatic heterocycles. The highest BCUT2D eigenvalue weighted by Crippen LogP contribution is 2.23. The van der Waals surface area contributed by atoms with Gasteiger partial charge in [0.1, 0.15) is 0 Å². The number of hydrogen-bond donors (Lipinski definition) is 2. The molecule has 0 saturated carbocycles. The van der Waals surface area contributed by atoms with Crippen LogP contribution in [0.5, 0.6) is 0 Å². The number of benzene rings is 2. The molecule has 0 aromatic heterocycles. The fourth-order valence-electron chi connectivity index (χ4n) is 2.33. The third kappa shape index (κ3) is 4.46. The molecule has 1 amide bonds. The topological polar surface area (TPSA) is 128 Å². The monoisotopic (exact) mass is 406 g/mol. The molecule has 2 aromatic carbocycles. The third-order valence-corrected chi connectivity index (χ3v) is 5.05. The molecule has 0 saturated heterocycles. The van der Waals surface area contributed by atoms with E-state index in [0.29, 0.717) is 0 Å². The van der Waals surface area contributed by atoms with Gasteiger partial charge in [-0.3, -0.25) is 9.52 Å². The first-order chi connectivity index (χ1) is 13.2. The van der Waals surface area contributed by atoms with Gasteiger partial charge in [0.05, 0.1) is 41.5 Å². The van der Waals surface area contributed by atoms with Gasteiger partial charge in [0.15, 0.2) is 0 Å². The van der Waals surface area contributed by atoms with Crippen LogP contribution in [0, 0.1) is 0 Å². The van der Waals surface area contributed by atoms with Crippen molar-refractivity contribution in [1.29, 1.82) is 0 Å². The molecule has 28 heavy (non-hydrogen) atoms. The second kappa shape index (κ2) is 8.53. The van der Waals surface area contributed by atoms with Crippen molar-refractivity contribution in [3.63, 3.8) is 0 Å². The summed E-state index contributed by atoms with van der Waals surface area (Å²) in [6.07, 6.45) is 0. The summed E-state index contributed by atoms with van der Waals surface area (Å²) in [6.45, 7) is 0. The Bertz CT molecular complexity index is 998. The van der Waals surface area contributed by atoms with Gasteiger partial charge in [-0.1, -0.05) is 12.1 Å². The van der Waals surface area contributed by atoms with E-state index in [0.717, 1.165) is 32.4 Å². The summed E-state index contributed by atoms with van der Waals surface area (Å²) in [5, 5.41) is 2.41. The summed E-state index contributed by atoms with van der Waals surface area (Å²) in [5.41, 5.74) is -0.161. The lowest BCUT2D eigenvalue weighted by molar-refractivity contribution is 0.0598. The Morgan fingerprint density at radius 1 is 0.893 bits per heavy atom. The van der Waals surface area contributed by atoms with Gasteiger partial charge < -0.3 is 14.8 Å². The molecular weight excluding hydrogens is 388 g/mol. The summed E-state index contributed by atoms with van der Waals surface area (Å²) < 4.78 is 37.2. The molecule has 0 radical (unpaired) electrons. The Labute approximate surface area is 161 Å². The number of nitrogens with one attached hydrogen (secondary N) is 2. The summed E-state index contributed by atoms with van der Waals surface area (Å²) in [5.74, 6) is -2.14. The van der Waals surface area contributed by atoms with E-state index < -0.39 is 27.9 Å². The van der Waals surface area contributed by atoms with Crippen LogP contribution in [0.15, 0.2) is 47.4 Å². The lowest BCUT2D eigenvalue weighted by Crippen LogP contribution is -2.22. The predicted molar refractivity (Wildman–Crippen MR) is 99.8 cm³/mol. The highest BCUT2D eigenvalue weighted by Gasteiger charge is 2.23. The summed E-state index contributed by atoms with van der Waals surface area (Å²) >= 11 is 0. The van der Waals surface area contributed by atoms with Gasteiger partial charge in [0, 0.05) is 7.05 Å². The van der Waals surface area contributed by atoms with Crippen LogP contribution in [0.25, 0.3) is 0 Å². The second-order valence-corrected chi connectivity index (χ2v) is 7.14. The molecule has 9 nitrogen and oxygen atoms in total. The van der Waals surface area contributed by atoms with Gasteiger partial charge in [-0.2, -0.15) is 0 Å². The average Bonchev–Trinajstić information content (AvgIpc) is 2.71. The number of para-hydroxylation sites is 1. The lowest BCUT2D eigenvalue weighted by atomic mass is 10.1. The molecule has 0 unspecified atom stereocenters. The van der Waals surface area contributed by atoms with Gasteiger partial charge in [-0.25, -0.2) is 18.0 Å². The zero-order chi connectivity index (χ0) is 20.9. The van der Waals surface area contributed by atoms with Crippen molar-refractivity contribution in [3.8, 4) is 0 Å². The molecule has 0 bridgehead atoms. The van der Waals surface area contributed by atoms with Crippen molar-refractivity contribution >= 4 is 33.6 Å². The molecule has 0 atom stereocenters. The number of esters is 2. The fraction of sp³-hybridized carbons (Fsp3) is 0.167. The van der Waals surface area contributed by atoms with Crippen LogP contribution in [0.4, 0.5) is 5.69 Å². The van der Waals surface area contributed by atoms with E-state index in [1.165, 1.54) is 19.2 Å². The van der Waals surface area contributed by atoms with Crippen molar-refractivity contribution < 1.29 is 32.3 Å². The van der Waals surface area contributed by atoms with E-state index in [1.807, 2.05) is 0 Å². The van der Waals surface area contributed by atoms with E-state index in [2.05, 4.69) is 19.5 Å². The minimum absolute atomic E-state index is 0.0324. The Hall–Kier alpha value is -3.40. The van der Waals surface area contributed by atoms with Gasteiger partial charge in [-0.05, 0) is 30.3 Å². The minimum Gasteiger partial charge on any atom is -0.465 e. The van der Waals surface area contributed by atoms with Crippen LogP contribution in [0.3, 0.4) is 0 Å². The van der Waals surface area contributed by atoms with E-state index >= 15 is 0 Å². The van der Waals surface area contributed by atoms with Crippen molar-refractivity contribution in [2.75, 3.05) is 26.0 Å². The van der Waals surface area contributed by atoms with E-state index in [9.17, 15) is 22.8 Å². The first-order valence-electron chi connectivity index (χ1n) is 7.89. The van der Waals surface area contributed by atoms with E-state index in [1.54, 1.807) is 12.1 Å². The number of ether oxygens (including phenoxy) is 2. The number of rotatable bonds is 6. The minimum atomic E-state index is -4.25. The average molecular weight is 406 g/mol. The number of anilines is 1. The smallest absolute Gasteiger partial charge is 0.337 e. The van der Waals surface area contributed by atoms with Crippen molar-refractivity contribution in [3.05, 3.63) is 59.2 Å². The molecule has 10 heteroatoms. The maximum absolute atomic E-state index is 12.8. The first kappa shape index (κ1) is 20.9. The van der Waals surface area contributed by atoms with E-state index in [-0.39, 0.29) is 27.3 Å². The normalized spacial score (nSPS) is 10.7. The van der Waals surface area contributed by atoms with Crippen LogP contribution >= 0.6 is 0 Å². The third-order valence-electron chi connectivity index (χ3n) is 3.70. The Balaban J connectivity index is 2.55. The SMILES string of the molecule is CNC(=O)c1ccccc1NS(=O)(=O)c1cc(C(=O)OC)cc(C(=O)OC)c1. The van der Waals surface area contributed by atoms with Gasteiger partial charge in [-0.15, -0.1) is 0 Å². The zero-order valence-corrected chi connectivity index (χ0v) is 16.1. The standard InChI is InChI=1S/C18H18N2O7S/c1-19-16(21)14-6-4-5-7-15(14)20-28(24,25)13-9-11(17(22)26-2)8-12(10-13)18(23)27-3/h4-10,20H,1-3H3,(H,19,21). The number of amides is 1. The molecule has 2 aromatic rings. The van der Waals surface area contributed by atoms with Crippen molar-refractivity contribution in [1.82, 2.24) is 5.32 Å². The van der Waals surface area contributed by atoms with Crippen LogP contribution in [0.2, 0.25) is 0 Å². The van der Waals surface area contributed by atoms with Crippen molar-refractivity contribution in [2.24, 2.45) is 0 Å². The molecule has 0 fully saturated rings. The zero-order valence-electron chi connectivity index (χ0n) is 15.3. The first-order valence-corrected chi connectivity index (χ1v) is 9.37. The van der Waals surface area contributed by atoms with Gasteiger partial charge >= 0.3 is 11.9 Å².